The number of H-pyrrole nitrogens is 1. The van der Waals surface area contributed by atoms with Gasteiger partial charge in [-0.2, -0.15) is 0 Å². The summed E-state index contributed by atoms with van der Waals surface area (Å²) in [6, 6.07) is 28.2. The van der Waals surface area contributed by atoms with Crippen molar-refractivity contribution in [2.75, 3.05) is 0 Å². The van der Waals surface area contributed by atoms with Gasteiger partial charge in [-0.25, -0.2) is 0 Å². The van der Waals surface area contributed by atoms with Crippen LogP contribution in [0.2, 0.25) is 0 Å². The van der Waals surface area contributed by atoms with Crippen molar-refractivity contribution in [3.05, 3.63) is 84.4 Å². The van der Waals surface area contributed by atoms with Crippen molar-refractivity contribution in [2.45, 2.75) is 26.2 Å². The molecule has 0 atom stereocenters. The number of hydrogen-bond acceptors (Lipinski definition) is 1. The Bertz CT molecular complexity index is 1530. The summed E-state index contributed by atoms with van der Waals surface area (Å²) in [5.41, 5.74) is 8.02. The summed E-state index contributed by atoms with van der Waals surface area (Å²) >= 11 is 0. The highest BCUT2D eigenvalue weighted by atomic mass is 16.3. The van der Waals surface area contributed by atoms with Crippen molar-refractivity contribution < 1.29 is 4.42 Å². The van der Waals surface area contributed by atoms with E-state index in [1.54, 1.807) is 0 Å². The van der Waals surface area contributed by atoms with Crippen molar-refractivity contribution >= 4 is 43.7 Å². The number of nitrogens with one attached hydrogen (secondary N) is 1. The van der Waals surface area contributed by atoms with Gasteiger partial charge in [-0.1, -0.05) is 61.9 Å². The fourth-order valence-corrected chi connectivity index (χ4v) is 4.62. The first-order chi connectivity index (χ1) is 14.8. The average molecular weight is 389 g/mol. The first-order valence-corrected chi connectivity index (χ1v) is 10.8. The van der Waals surface area contributed by atoms with Gasteiger partial charge in [0.1, 0.15) is 11.2 Å². The van der Waals surface area contributed by atoms with E-state index in [4.69, 9.17) is 4.42 Å². The lowest BCUT2D eigenvalue weighted by Gasteiger charge is -2.04. The summed E-state index contributed by atoms with van der Waals surface area (Å²) in [6.07, 6.45) is 3.59. The molecule has 146 valence electrons. The largest absolute Gasteiger partial charge is 0.455 e. The SMILES string of the molecule is CCCCc1ccc2[nH]c3ccc(-c4cccc5c4oc4ccccc45)cc3c2c1. The molecule has 0 unspecified atom stereocenters. The highest BCUT2D eigenvalue weighted by Crippen LogP contribution is 2.37. The molecule has 0 aliphatic heterocycles. The number of benzene rings is 4. The Hall–Kier alpha value is -3.52. The number of rotatable bonds is 4. The predicted molar refractivity (Wildman–Crippen MR) is 127 cm³/mol. The minimum Gasteiger partial charge on any atom is -0.455 e. The molecule has 6 rings (SSSR count). The van der Waals surface area contributed by atoms with Crippen LogP contribution in [0, 0.1) is 0 Å². The average Bonchev–Trinajstić information content (AvgIpc) is 3.35. The fraction of sp³-hybridized carbons (Fsp3) is 0.143. The number of fused-ring (bicyclic) bond motifs is 6. The lowest BCUT2D eigenvalue weighted by Crippen LogP contribution is -1.83. The molecule has 0 amide bonds. The van der Waals surface area contributed by atoms with Crippen LogP contribution in [-0.4, -0.2) is 4.98 Å². The van der Waals surface area contributed by atoms with Crippen molar-refractivity contribution in [1.29, 1.82) is 0 Å². The maximum absolute atomic E-state index is 6.27. The minimum absolute atomic E-state index is 0.939. The third-order valence-electron chi connectivity index (χ3n) is 6.20. The third kappa shape index (κ3) is 2.64. The Balaban J connectivity index is 1.56. The predicted octanol–water partition coefficient (Wildman–Crippen LogP) is 8.23. The van der Waals surface area contributed by atoms with E-state index in [0.29, 0.717) is 0 Å². The van der Waals surface area contributed by atoms with Crippen LogP contribution in [0.5, 0.6) is 0 Å². The van der Waals surface area contributed by atoms with Gasteiger partial charge in [-0.3, -0.25) is 0 Å². The van der Waals surface area contributed by atoms with Crippen LogP contribution in [0.4, 0.5) is 0 Å². The molecule has 0 spiro atoms. The van der Waals surface area contributed by atoms with Gasteiger partial charge in [0, 0.05) is 38.1 Å². The fourth-order valence-electron chi connectivity index (χ4n) is 4.62. The van der Waals surface area contributed by atoms with Gasteiger partial charge in [0.15, 0.2) is 0 Å². The van der Waals surface area contributed by atoms with Crippen LogP contribution in [0.15, 0.2) is 83.3 Å². The van der Waals surface area contributed by atoms with E-state index in [-0.39, 0.29) is 0 Å². The van der Waals surface area contributed by atoms with Crippen LogP contribution < -0.4 is 0 Å². The minimum atomic E-state index is 0.939. The molecule has 0 saturated carbocycles. The molecule has 0 aliphatic carbocycles. The summed E-state index contributed by atoms with van der Waals surface area (Å²) < 4.78 is 6.27. The van der Waals surface area contributed by atoms with E-state index in [9.17, 15) is 0 Å². The molecule has 0 radical (unpaired) electrons. The van der Waals surface area contributed by atoms with Crippen LogP contribution in [0.25, 0.3) is 54.9 Å². The van der Waals surface area contributed by atoms with E-state index < -0.39 is 0 Å². The van der Waals surface area contributed by atoms with Crippen LogP contribution in [0.3, 0.4) is 0 Å². The summed E-state index contributed by atoms with van der Waals surface area (Å²) in [5.74, 6) is 0. The van der Waals surface area contributed by atoms with Gasteiger partial charge in [0.2, 0.25) is 0 Å². The molecule has 30 heavy (non-hydrogen) atoms. The number of hydrogen-bond donors (Lipinski definition) is 1. The number of aryl methyl sites for hydroxylation is 1. The van der Waals surface area contributed by atoms with Crippen LogP contribution >= 0.6 is 0 Å². The van der Waals surface area contributed by atoms with E-state index in [2.05, 4.69) is 78.6 Å². The Kier molecular flexibility index (Phi) is 3.92. The molecule has 0 aliphatic rings. The number of aromatic amines is 1. The van der Waals surface area contributed by atoms with Gasteiger partial charge in [0.05, 0.1) is 0 Å². The van der Waals surface area contributed by atoms with Crippen molar-refractivity contribution in [3.63, 3.8) is 0 Å². The van der Waals surface area contributed by atoms with E-state index in [1.165, 1.54) is 56.5 Å². The second-order valence-electron chi connectivity index (χ2n) is 8.15. The Morgan fingerprint density at radius 2 is 1.53 bits per heavy atom. The first kappa shape index (κ1) is 17.3. The Morgan fingerprint density at radius 3 is 2.43 bits per heavy atom. The first-order valence-electron chi connectivity index (χ1n) is 10.8. The molecule has 6 aromatic rings. The topological polar surface area (TPSA) is 28.9 Å². The zero-order chi connectivity index (χ0) is 20.1. The van der Waals surface area contributed by atoms with E-state index >= 15 is 0 Å². The summed E-state index contributed by atoms with van der Waals surface area (Å²) in [7, 11) is 0. The summed E-state index contributed by atoms with van der Waals surface area (Å²) in [6.45, 7) is 2.25. The summed E-state index contributed by atoms with van der Waals surface area (Å²) in [4.78, 5) is 3.58. The molecule has 2 heterocycles. The molecule has 0 saturated heterocycles. The maximum Gasteiger partial charge on any atom is 0.143 e. The standard InChI is InChI=1S/C28H23NO/c1-2-3-7-18-12-14-25-23(16-18)24-17-19(13-15-26(24)29-25)20-9-6-10-22-21-8-4-5-11-27(21)30-28(20)22/h4-6,8-17,29H,2-3,7H2,1H3. The van der Waals surface area contributed by atoms with E-state index in [0.717, 1.165) is 23.2 Å². The van der Waals surface area contributed by atoms with Gasteiger partial charge in [-0.15, -0.1) is 0 Å². The molecule has 2 nitrogen and oxygen atoms in total. The monoisotopic (exact) mass is 389 g/mol. The zero-order valence-electron chi connectivity index (χ0n) is 17.0. The van der Waals surface area contributed by atoms with Crippen molar-refractivity contribution in [2.24, 2.45) is 0 Å². The molecule has 0 bridgehead atoms. The van der Waals surface area contributed by atoms with Gasteiger partial charge in [-0.05, 0) is 54.3 Å². The molecular weight excluding hydrogens is 366 g/mol. The number of para-hydroxylation sites is 2. The lowest BCUT2D eigenvalue weighted by molar-refractivity contribution is 0.670. The van der Waals surface area contributed by atoms with Crippen LogP contribution in [0.1, 0.15) is 25.3 Å². The Morgan fingerprint density at radius 1 is 0.733 bits per heavy atom. The molecule has 1 N–H and O–H groups in total. The second-order valence-corrected chi connectivity index (χ2v) is 8.15. The zero-order valence-corrected chi connectivity index (χ0v) is 17.0. The second kappa shape index (κ2) is 6.77. The third-order valence-corrected chi connectivity index (χ3v) is 6.20. The van der Waals surface area contributed by atoms with Crippen molar-refractivity contribution in [3.8, 4) is 11.1 Å². The number of aromatic nitrogens is 1. The molecule has 4 aromatic carbocycles. The molecular formula is C28H23NO. The molecule has 2 aromatic heterocycles. The van der Waals surface area contributed by atoms with Crippen LogP contribution in [-0.2, 0) is 6.42 Å². The highest BCUT2D eigenvalue weighted by molar-refractivity contribution is 6.12. The maximum atomic E-state index is 6.27. The number of furan rings is 1. The smallest absolute Gasteiger partial charge is 0.143 e. The summed E-state index contributed by atoms with van der Waals surface area (Å²) in [5, 5.41) is 4.92. The van der Waals surface area contributed by atoms with Gasteiger partial charge >= 0.3 is 0 Å². The molecule has 2 heteroatoms. The van der Waals surface area contributed by atoms with E-state index in [1.807, 2.05) is 12.1 Å². The Labute approximate surface area is 175 Å². The number of unbranched alkanes of at least 4 members (excludes halogenated alkanes) is 1. The highest BCUT2D eigenvalue weighted by Gasteiger charge is 2.13. The molecule has 0 fully saturated rings. The van der Waals surface area contributed by atoms with Crippen molar-refractivity contribution in [1.82, 2.24) is 4.98 Å². The normalized spacial score (nSPS) is 11.9. The lowest BCUT2D eigenvalue weighted by atomic mass is 9.99. The quantitative estimate of drug-likeness (QED) is 0.323. The van der Waals surface area contributed by atoms with Gasteiger partial charge in [0.25, 0.3) is 0 Å². The van der Waals surface area contributed by atoms with Gasteiger partial charge < -0.3 is 9.40 Å².